The van der Waals surface area contributed by atoms with Crippen LogP contribution in [0, 0.1) is 5.41 Å². The minimum absolute atomic E-state index is 0.547. The molecule has 0 aromatic heterocycles. The third-order valence-electron chi connectivity index (χ3n) is 5.76. The number of unbranched alkanes of at least 4 members (excludes halogenated alkanes) is 12. The van der Waals surface area contributed by atoms with Crippen molar-refractivity contribution in [3.8, 4) is 0 Å². The van der Waals surface area contributed by atoms with E-state index in [2.05, 4.69) is 6.92 Å². The van der Waals surface area contributed by atoms with Crippen LogP contribution in [0.25, 0.3) is 0 Å². The molecule has 0 aromatic rings. The Morgan fingerprint density at radius 2 is 1.29 bits per heavy atom. The van der Waals surface area contributed by atoms with Crippen LogP contribution in [-0.2, 0) is 4.74 Å². The van der Waals surface area contributed by atoms with E-state index in [0.29, 0.717) is 6.42 Å². The van der Waals surface area contributed by atoms with Crippen molar-refractivity contribution in [2.24, 2.45) is 11.1 Å². The summed E-state index contributed by atoms with van der Waals surface area (Å²) >= 11 is 0. The Labute approximate surface area is 171 Å². The summed E-state index contributed by atoms with van der Waals surface area (Å²) in [6, 6.07) is 0. The fourth-order valence-electron chi connectivity index (χ4n) is 3.70. The maximum Gasteiger partial charge on any atom is 0.407 e. The van der Waals surface area contributed by atoms with Gasteiger partial charge >= 0.3 is 6.09 Å². The largest absolute Gasteiger partial charge is 0.414 e. The van der Waals surface area contributed by atoms with Crippen molar-refractivity contribution in [3.05, 3.63) is 0 Å². The number of hydrogen-bond acceptors (Lipinski definition) is 5. The smallest absolute Gasteiger partial charge is 0.407 e. The molecule has 0 fully saturated rings. The molecule has 2 atom stereocenters. The summed E-state index contributed by atoms with van der Waals surface area (Å²) in [7, 11) is 0. The quantitative estimate of drug-likeness (QED) is 0.197. The molecular formula is C22H45NO5. The Kier molecular flexibility index (Phi) is 14.6. The number of primary amides is 1. The summed E-state index contributed by atoms with van der Waals surface area (Å²) in [6.45, 7) is 4.94. The SMILES string of the molecule is CCCCCCCCCCCCCCCC(C)(C)C(O)(OC(N)=O)C(O)CO. The average Bonchev–Trinajstić information content (AvgIpc) is 2.63. The maximum absolute atomic E-state index is 11.1. The number of ether oxygens (including phenoxy) is 1. The number of nitrogens with two attached hydrogens (primary N) is 1. The van der Waals surface area contributed by atoms with Gasteiger partial charge in [0, 0.05) is 5.41 Å². The highest BCUT2D eigenvalue weighted by Crippen LogP contribution is 2.39. The van der Waals surface area contributed by atoms with Gasteiger partial charge in [0.2, 0.25) is 5.79 Å². The molecule has 0 spiro atoms. The van der Waals surface area contributed by atoms with E-state index in [1.54, 1.807) is 13.8 Å². The highest BCUT2D eigenvalue weighted by atomic mass is 16.7. The molecule has 6 heteroatoms. The minimum atomic E-state index is -2.20. The average molecular weight is 404 g/mol. The van der Waals surface area contributed by atoms with Gasteiger partial charge in [-0.2, -0.15) is 0 Å². The molecule has 0 aliphatic rings. The summed E-state index contributed by atoms with van der Waals surface area (Å²) in [5, 5.41) is 29.8. The van der Waals surface area contributed by atoms with Crippen LogP contribution in [0.4, 0.5) is 4.79 Å². The molecule has 0 aliphatic carbocycles. The zero-order valence-corrected chi connectivity index (χ0v) is 18.4. The van der Waals surface area contributed by atoms with E-state index in [0.717, 1.165) is 19.3 Å². The van der Waals surface area contributed by atoms with Gasteiger partial charge in [0.05, 0.1) is 6.61 Å². The molecule has 0 heterocycles. The number of hydrogen-bond donors (Lipinski definition) is 4. The molecule has 0 aromatic carbocycles. The summed E-state index contributed by atoms with van der Waals surface area (Å²) in [4.78, 5) is 11.1. The number of aliphatic hydroxyl groups is 3. The van der Waals surface area contributed by atoms with E-state index < -0.39 is 30.0 Å². The van der Waals surface area contributed by atoms with Crippen molar-refractivity contribution in [1.82, 2.24) is 0 Å². The lowest BCUT2D eigenvalue weighted by Gasteiger charge is -2.43. The molecular weight excluding hydrogens is 358 g/mol. The summed E-state index contributed by atoms with van der Waals surface area (Å²) in [5.41, 5.74) is 4.10. The van der Waals surface area contributed by atoms with Crippen LogP contribution in [0.15, 0.2) is 0 Å². The Morgan fingerprint density at radius 3 is 1.64 bits per heavy atom. The van der Waals surface area contributed by atoms with Crippen LogP contribution in [0.5, 0.6) is 0 Å². The second kappa shape index (κ2) is 15.1. The summed E-state index contributed by atoms with van der Waals surface area (Å²) in [5.74, 6) is -2.20. The molecule has 0 rings (SSSR count). The molecule has 2 unspecified atom stereocenters. The van der Waals surface area contributed by atoms with Gasteiger partial charge in [-0.05, 0) is 6.42 Å². The molecule has 0 saturated carbocycles. The third-order valence-corrected chi connectivity index (χ3v) is 5.76. The van der Waals surface area contributed by atoms with Crippen LogP contribution in [0.3, 0.4) is 0 Å². The van der Waals surface area contributed by atoms with Crippen molar-refractivity contribution >= 4 is 6.09 Å². The fraction of sp³-hybridized carbons (Fsp3) is 0.955. The first kappa shape index (κ1) is 27.1. The van der Waals surface area contributed by atoms with Gasteiger partial charge in [-0.25, -0.2) is 4.79 Å². The lowest BCUT2D eigenvalue weighted by molar-refractivity contribution is -0.287. The molecule has 168 valence electrons. The van der Waals surface area contributed by atoms with Gasteiger partial charge < -0.3 is 25.8 Å². The zero-order valence-electron chi connectivity index (χ0n) is 18.4. The van der Waals surface area contributed by atoms with Crippen LogP contribution in [-0.4, -0.2) is 39.9 Å². The Hall–Kier alpha value is -0.850. The minimum Gasteiger partial charge on any atom is -0.414 e. The third kappa shape index (κ3) is 10.6. The standard InChI is InChI=1S/C22H45NO5/c1-4-5-6-7-8-9-10-11-12-13-14-15-16-17-21(2,3)22(27,19(25)18-24)28-20(23)26/h19,24-25,27H,4-18H2,1-3H3,(H2,23,26). The van der Waals surface area contributed by atoms with Crippen LogP contribution in [0.2, 0.25) is 0 Å². The maximum atomic E-state index is 11.1. The van der Waals surface area contributed by atoms with Gasteiger partial charge in [0.1, 0.15) is 6.10 Å². The van der Waals surface area contributed by atoms with Crippen molar-refractivity contribution < 1.29 is 24.9 Å². The number of amides is 1. The highest BCUT2D eigenvalue weighted by Gasteiger charge is 2.52. The van der Waals surface area contributed by atoms with Gasteiger partial charge in [0.25, 0.3) is 0 Å². The number of carbonyl (C=O) groups is 1. The van der Waals surface area contributed by atoms with E-state index in [4.69, 9.17) is 10.5 Å². The number of carbonyl (C=O) groups excluding carboxylic acids is 1. The van der Waals surface area contributed by atoms with Crippen LogP contribution < -0.4 is 5.73 Å². The molecule has 28 heavy (non-hydrogen) atoms. The topological polar surface area (TPSA) is 113 Å². The zero-order chi connectivity index (χ0) is 21.5. The molecule has 6 nitrogen and oxygen atoms in total. The number of aliphatic hydroxyl groups excluding tert-OH is 2. The van der Waals surface area contributed by atoms with E-state index in [9.17, 15) is 20.1 Å². The van der Waals surface area contributed by atoms with Crippen molar-refractivity contribution in [2.75, 3.05) is 6.61 Å². The van der Waals surface area contributed by atoms with E-state index in [1.807, 2.05) is 0 Å². The highest BCUT2D eigenvalue weighted by molar-refractivity contribution is 5.65. The normalized spacial score (nSPS) is 15.2. The first-order valence-corrected chi connectivity index (χ1v) is 11.2. The second-order valence-electron chi connectivity index (χ2n) is 8.69. The molecule has 0 radical (unpaired) electrons. The van der Waals surface area contributed by atoms with Crippen LogP contribution in [0.1, 0.15) is 111 Å². The monoisotopic (exact) mass is 403 g/mol. The van der Waals surface area contributed by atoms with Crippen molar-refractivity contribution in [1.29, 1.82) is 0 Å². The van der Waals surface area contributed by atoms with Crippen molar-refractivity contribution in [3.63, 3.8) is 0 Å². The molecule has 1 amide bonds. The van der Waals surface area contributed by atoms with E-state index in [-0.39, 0.29) is 0 Å². The van der Waals surface area contributed by atoms with Gasteiger partial charge in [-0.3, -0.25) is 0 Å². The predicted molar refractivity (Wildman–Crippen MR) is 113 cm³/mol. The van der Waals surface area contributed by atoms with Crippen molar-refractivity contribution in [2.45, 2.75) is 123 Å². The van der Waals surface area contributed by atoms with Crippen LogP contribution >= 0.6 is 0 Å². The summed E-state index contributed by atoms with van der Waals surface area (Å²) in [6.07, 6.45) is 14.0. The first-order chi connectivity index (χ1) is 13.2. The lowest BCUT2D eigenvalue weighted by Crippen LogP contribution is -2.58. The van der Waals surface area contributed by atoms with E-state index in [1.165, 1.54) is 64.2 Å². The number of rotatable bonds is 18. The Balaban J connectivity index is 3.94. The molecule has 0 bridgehead atoms. The summed E-state index contributed by atoms with van der Waals surface area (Å²) < 4.78 is 4.80. The Bertz CT molecular complexity index is 402. The predicted octanol–water partition coefficient (Wildman–Crippen LogP) is 4.63. The van der Waals surface area contributed by atoms with Gasteiger partial charge in [-0.15, -0.1) is 0 Å². The van der Waals surface area contributed by atoms with E-state index >= 15 is 0 Å². The first-order valence-electron chi connectivity index (χ1n) is 11.2. The van der Waals surface area contributed by atoms with Gasteiger partial charge in [-0.1, -0.05) is 104 Å². The fourth-order valence-corrected chi connectivity index (χ4v) is 3.70. The molecule has 0 aliphatic heterocycles. The second-order valence-corrected chi connectivity index (χ2v) is 8.69. The van der Waals surface area contributed by atoms with Gasteiger partial charge in [0.15, 0.2) is 0 Å². The molecule has 5 N–H and O–H groups in total. The Morgan fingerprint density at radius 1 is 0.893 bits per heavy atom. The molecule has 0 saturated heterocycles. The lowest BCUT2D eigenvalue weighted by atomic mass is 9.76.